The van der Waals surface area contributed by atoms with E-state index in [1.165, 1.54) is 0 Å². The van der Waals surface area contributed by atoms with Gasteiger partial charge in [0.15, 0.2) is 0 Å². The second kappa shape index (κ2) is 5.18. The van der Waals surface area contributed by atoms with Crippen molar-refractivity contribution in [2.75, 3.05) is 19.3 Å². The second-order valence-electron chi connectivity index (χ2n) is 4.84. The Balaban J connectivity index is 2.45. The average molecular weight is 317 g/mol. The number of carbonyl (C=O) groups is 1. The molecule has 2 aromatic rings. The lowest BCUT2D eigenvalue weighted by molar-refractivity contribution is -0.138. The number of nitrogens with two attached hydrogens (primary N) is 1. The Morgan fingerprint density at radius 1 is 1.43 bits per heavy atom. The van der Waals surface area contributed by atoms with Crippen molar-refractivity contribution in [3.63, 3.8) is 0 Å². The third-order valence-corrected chi connectivity index (χ3v) is 4.12. The summed E-state index contributed by atoms with van der Waals surface area (Å²) in [5.74, 6) is -0.733. The number of hydrogen-bond donors (Lipinski definition) is 1. The zero-order valence-corrected chi connectivity index (χ0v) is 12.5. The zero-order valence-electron chi connectivity index (χ0n) is 11.7. The summed E-state index contributed by atoms with van der Waals surface area (Å²) in [5, 5.41) is 0.634. The number of nitrogens with zero attached hydrogens (tertiary/aromatic N) is 2. The number of halogens is 3. The molecule has 0 bridgehead atoms. The summed E-state index contributed by atoms with van der Waals surface area (Å²) < 4.78 is 37.9. The fourth-order valence-corrected chi connectivity index (χ4v) is 3.42. The molecular weight excluding hydrogens is 303 g/mol. The third kappa shape index (κ3) is 3.10. The van der Waals surface area contributed by atoms with Gasteiger partial charge in [0.2, 0.25) is 0 Å². The van der Waals surface area contributed by atoms with Gasteiger partial charge in [0, 0.05) is 28.5 Å². The summed E-state index contributed by atoms with van der Waals surface area (Å²) in [6.45, 7) is 2.25. The summed E-state index contributed by atoms with van der Waals surface area (Å²) >= 11 is 1.09. The van der Waals surface area contributed by atoms with Gasteiger partial charge in [-0.1, -0.05) is 0 Å². The summed E-state index contributed by atoms with van der Waals surface area (Å²) in [6, 6.07) is 1.77. The molecule has 0 unspecified atom stereocenters. The maximum Gasteiger partial charge on any atom is 0.406 e. The molecule has 0 fully saturated rings. The normalized spacial score (nSPS) is 11.9. The Hall–Kier alpha value is -1.83. The Bertz CT molecular complexity index is 709. The van der Waals surface area contributed by atoms with Gasteiger partial charge in [-0.3, -0.25) is 9.78 Å². The van der Waals surface area contributed by atoms with Gasteiger partial charge in [0.05, 0.1) is 5.69 Å². The predicted molar refractivity (Wildman–Crippen MR) is 76.5 cm³/mol. The van der Waals surface area contributed by atoms with Gasteiger partial charge >= 0.3 is 6.18 Å². The number of thiophene rings is 1. The molecule has 2 N–H and O–H groups in total. The molecule has 0 spiro atoms. The molecule has 0 aliphatic carbocycles. The van der Waals surface area contributed by atoms with Crippen molar-refractivity contribution in [2.45, 2.75) is 20.0 Å². The summed E-state index contributed by atoms with van der Waals surface area (Å²) in [4.78, 5) is 17.1. The van der Waals surface area contributed by atoms with E-state index in [0.29, 0.717) is 16.0 Å². The first-order valence-electron chi connectivity index (χ1n) is 6.08. The molecular formula is C13H14F3N3OS. The lowest BCUT2D eigenvalue weighted by Crippen LogP contribution is -2.35. The van der Waals surface area contributed by atoms with Crippen LogP contribution in [0.2, 0.25) is 0 Å². The molecule has 4 nitrogen and oxygen atoms in total. The van der Waals surface area contributed by atoms with Crippen LogP contribution in [0.5, 0.6) is 0 Å². The average Bonchev–Trinajstić information content (AvgIpc) is 2.63. The van der Waals surface area contributed by atoms with Crippen LogP contribution in [0.15, 0.2) is 6.07 Å². The Labute approximate surface area is 123 Å². The van der Waals surface area contributed by atoms with Gasteiger partial charge < -0.3 is 10.6 Å². The number of nitrogen functional groups attached to an aromatic ring is 1. The van der Waals surface area contributed by atoms with Crippen molar-refractivity contribution in [1.29, 1.82) is 0 Å². The van der Waals surface area contributed by atoms with E-state index < -0.39 is 18.6 Å². The molecule has 1 amide bonds. The summed E-state index contributed by atoms with van der Waals surface area (Å²) in [5.41, 5.74) is 7.56. The van der Waals surface area contributed by atoms with Crippen molar-refractivity contribution < 1.29 is 18.0 Å². The molecule has 2 rings (SSSR count). The minimum Gasteiger partial charge on any atom is -0.397 e. The number of aryl methyl sites for hydroxylation is 2. The van der Waals surface area contributed by atoms with E-state index in [1.807, 2.05) is 0 Å². The van der Waals surface area contributed by atoms with Crippen molar-refractivity contribution in [1.82, 2.24) is 9.88 Å². The number of pyridine rings is 1. The molecule has 0 atom stereocenters. The van der Waals surface area contributed by atoms with Crippen LogP contribution in [0, 0.1) is 13.8 Å². The molecule has 8 heteroatoms. The Morgan fingerprint density at radius 2 is 2.05 bits per heavy atom. The number of anilines is 1. The van der Waals surface area contributed by atoms with Crippen LogP contribution >= 0.6 is 11.3 Å². The largest absolute Gasteiger partial charge is 0.406 e. The first-order valence-corrected chi connectivity index (χ1v) is 6.90. The molecule has 0 radical (unpaired) electrons. The quantitative estimate of drug-likeness (QED) is 0.926. The van der Waals surface area contributed by atoms with E-state index in [-0.39, 0.29) is 10.6 Å². The molecule has 2 aromatic heterocycles. The highest BCUT2D eigenvalue weighted by Gasteiger charge is 2.32. The number of hydrogen-bond acceptors (Lipinski definition) is 4. The van der Waals surface area contributed by atoms with E-state index >= 15 is 0 Å². The zero-order chi connectivity index (χ0) is 15.9. The maximum atomic E-state index is 12.4. The van der Waals surface area contributed by atoms with Crippen LogP contribution in [-0.4, -0.2) is 35.6 Å². The van der Waals surface area contributed by atoms with E-state index in [4.69, 9.17) is 5.73 Å². The number of amides is 1. The van der Waals surface area contributed by atoms with Gasteiger partial charge in [-0.2, -0.15) is 13.2 Å². The van der Waals surface area contributed by atoms with E-state index in [0.717, 1.165) is 28.8 Å². The highest BCUT2D eigenvalue weighted by atomic mass is 32.1. The van der Waals surface area contributed by atoms with Gasteiger partial charge in [-0.05, 0) is 19.9 Å². The molecule has 0 aromatic carbocycles. The lowest BCUT2D eigenvalue weighted by atomic mass is 10.2. The number of fused-ring (bicyclic) bond motifs is 1. The second-order valence-corrected chi connectivity index (χ2v) is 5.90. The number of rotatable bonds is 2. The summed E-state index contributed by atoms with van der Waals surface area (Å²) in [7, 11) is 1.11. The predicted octanol–water partition coefficient (Wildman–Crippen LogP) is 3.13. The molecule has 21 heavy (non-hydrogen) atoms. The number of carbonyl (C=O) groups excluding carboxylic acids is 1. The van der Waals surface area contributed by atoms with Crippen LogP contribution in [-0.2, 0) is 0 Å². The van der Waals surface area contributed by atoms with Gasteiger partial charge in [-0.15, -0.1) is 11.3 Å². The van der Waals surface area contributed by atoms with Crippen LogP contribution < -0.4 is 5.73 Å². The molecule has 0 aliphatic rings. The first-order chi connectivity index (χ1) is 9.60. The maximum absolute atomic E-state index is 12.4. The van der Waals surface area contributed by atoms with Gasteiger partial charge in [0.25, 0.3) is 5.91 Å². The van der Waals surface area contributed by atoms with Crippen molar-refractivity contribution >= 4 is 33.0 Å². The van der Waals surface area contributed by atoms with Crippen LogP contribution in [0.3, 0.4) is 0 Å². The molecule has 2 heterocycles. The molecule has 0 aliphatic heterocycles. The first kappa shape index (κ1) is 15.6. The van der Waals surface area contributed by atoms with Crippen molar-refractivity contribution in [3.8, 4) is 0 Å². The van der Waals surface area contributed by atoms with Crippen molar-refractivity contribution in [3.05, 3.63) is 22.3 Å². The number of alkyl halides is 3. The third-order valence-electron chi connectivity index (χ3n) is 2.98. The van der Waals surface area contributed by atoms with Crippen LogP contribution in [0.4, 0.5) is 18.9 Å². The Kier molecular flexibility index (Phi) is 3.83. The Morgan fingerprint density at radius 3 is 2.62 bits per heavy atom. The van der Waals surface area contributed by atoms with E-state index in [1.54, 1.807) is 19.9 Å². The molecule has 0 saturated carbocycles. The molecule has 0 saturated heterocycles. The fraction of sp³-hybridized carbons (Fsp3) is 0.385. The van der Waals surface area contributed by atoms with Gasteiger partial charge in [0.1, 0.15) is 11.4 Å². The fourth-order valence-electron chi connectivity index (χ4n) is 2.15. The van der Waals surface area contributed by atoms with E-state index in [2.05, 4.69) is 4.98 Å². The van der Waals surface area contributed by atoms with Crippen LogP contribution in [0.1, 0.15) is 21.1 Å². The van der Waals surface area contributed by atoms with Gasteiger partial charge in [-0.25, -0.2) is 0 Å². The SMILES string of the molecule is Cc1cc2sc(C(=O)N(C)CC(F)(F)F)c(N)c2c(C)n1. The monoisotopic (exact) mass is 317 g/mol. The van der Waals surface area contributed by atoms with Crippen LogP contribution in [0.25, 0.3) is 10.1 Å². The highest BCUT2D eigenvalue weighted by Crippen LogP contribution is 2.36. The van der Waals surface area contributed by atoms with Crippen molar-refractivity contribution in [2.24, 2.45) is 0 Å². The smallest absolute Gasteiger partial charge is 0.397 e. The minimum absolute atomic E-state index is 0.118. The topological polar surface area (TPSA) is 59.2 Å². The lowest BCUT2D eigenvalue weighted by Gasteiger charge is -2.18. The van der Waals surface area contributed by atoms with E-state index in [9.17, 15) is 18.0 Å². The number of aromatic nitrogens is 1. The highest BCUT2D eigenvalue weighted by molar-refractivity contribution is 7.21. The standard InChI is InChI=1S/C13H14F3N3OS/c1-6-4-8-9(7(2)18-6)10(17)11(21-8)12(20)19(3)5-13(14,15)16/h4H,5,17H2,1-3H3. The molecule has 114 valence electrons. The minimum atomic E-state index is -4.44. The summed E-state index contributed by atoms with van der Waals surface area (Å²) in [6.07, 6.45) is -4.44.